The molecule has 1 saturated carbocycles. The van der Waals surface area contributed by atoms with Gasteiger partial charge in [0.2, 0.25) is 0 Å². The fourth-order valence-electron chi connectivity index (χ4n) is 4.52. The third-order valence-electron chi connectivity index (χ3n) is 6.34. The number of rotatable bonds is 6. The predicted molar refractivity (Wildman–Crippen MR) is 126 cm³/mol. The zero-order chi connectivity index (χ0) is 24.3. The van der Waals surface area contributed by atoms with Crippen molar-refractivity contribution in [1.82, 2.24) is 5.16 Å². The summed E-state index contributed by atoms with van der Waals surface area (Å²) in [5.74, 6) is -0.131. The molecule has 0 atom stereocenters. The number of sulfonamides is 1. The van der Waals surface area contributed by atoms with Crippen LogP contribution in [0.25, 0.3) is 11.3 Å². The topological polar surface area (TPSA) is 117 Å². The van der Waals surface area contributed by atoms with E-state index in [0.29, 0.717) is 17.7 Å². The van der Waals surface area contributed by atoms with Crippen molar-refractivity contribution >= 4 is 37.7 Å². The number of carbonyl (C=O) groups is 1. The number of nitrogens with one attached hydrogen (secondary N) is 1. The number of anilines is 1. The average Bonchev–Trinajstić information content (AvgIpc) is 3.49. The van der Waals surface area contributed by atoms with Gasteiger partial charge < -0.3 is 18.7 Å². The van der Waals surface area contributed by atoms with Gasteiger partial charge in [-0.25, -0.2) is 13.2 Å². The lowest BCUT2D eigenvalue weighted by Crippen LogP contribution is -2.20. The van der Waals surface area contributed by atoms with E-state index >= 15 is 0 Å². The van der Waals surface area contributed by atoms with Gasteiger partial charge in [0.05, 0.1) is 26.9 Å². The van der Waals surface area contributed by atoms with Gasteiger partial charge in [-0.15, -0.1) is 0 Å². The van der Waals surface area contributed by atoms with Gasteiger partial charge in [-0.05, 0) is 49.1 Å². The van der Waals surface area contributed by atoms with Crippen LogP contribution in [0.3, 0.4) is 0 Å². The number of methoxy groups -OCH3 is 3. The van der Waals surface area contributed by atoms with Gasteiger partial charge in [-0.3, -0.25) is 4.72 Å². The second-order valence-corrected chi connectivity index (χ2v) is 10.8. The maximum atomic E-state index is 13.5. The molecule has 2 aliphatic rings. The smallest absolute Gasteiger partial charge is 0.338 e. The highest BCUT2D eigenvalue weighted by Gasteiger charge is 2.50. The molecule has 1 N–H and O–H groups in total. The third kappa shape index (κ3) is 3.54. The Kier molecular flexibility index (Phi) is 5.36. The first kappa shape index (κ1) is 22.7. The summed E-state index contributed by atoms with van der Waals surface area (Å²) in [5, 5.41) is 4.06. The number of benzene rings is 2. The molecule has 0 unspecified atom stereocenters. The van der Waals surface area contributed by atoms with E-state index in [-0.39, 0.29) is 33.2 Å². The minimum Gasteiger partial charge on any atom is -0.495 e. The Morgan fingerprint density at radius 2 is 1.79 bits per heavy atom. The van der Waals surface area contributed by atoms with Crippen LogP contribution in [0.5, 0.6) is 11.5 Å². The minimum absolute atomic E-state index is 0.0354. The summed E-state index contributed by atoms with van der Waals surface area (Å²) in [6.45, 7) is 0. The molecule has 1 fully saturated rings. The first-order chi connectivity index (χ1) is 16.2. The van der Waals surface area contributed by atoms with E-state index in [9.17, 15) is 13.2 Å². The lowest BCUT2D eigenvalue weighted by atomic mass is 9.79. The predicted octanol–water partition coefficient (Wildman–Crippen LogP) is 4.30. The lowest BCUT2D eigenvalue weighted by molar-refractivity contribution is 0.0599. The molecule has 9 nitrogen and oxygen atoms in total. The number of aromatic nitrogens is 1. The van der Waals surface area contributed by atoms with Crippen LogP contribution in [-0.4, -0.2) is 40.9 Å². The summed E-state index contributed by atoms with van der Waals surface area (Å²) in [5.41, 5.74) is 2.86. The first-order valence-electron chi connectivity index (χ1n) is 10.4. The second kappa shape index (κ2) is 8.02. The molecule has 1 heterocycles. The zero-order valence-corrected chi connectivity index (χ0v) is 21.0. The molecule has 1 spiro atoms. The molecular formula is C23H21BrN2O7S. The number of carbonyl (C=O) groups excluding carboxylic acids is 1. The number of hydrogen-bond donors (Lipinski definition) is 1. The number of nitrogens with zero attached hydrogens (tertiary/aromatic N) is 1. The molecule has 0 bridgehead atoms. The number of hydrogen-bond acceptors (Lipinski definition) is 8. The Hall–Kier alpha value is -3.05. The molecule has 0 amide bonds. The van der Waals surface area contributed by atoms with Gasteiger partial charge in [0, 0.05) is 21.0 Å². The zero-order valence-electron chi connectivity index (χ0n) is 18.6. The summed E-state index contributed by atoms with van der Waals surface area (Å²) in [4.78, 5) is 11.7. The highest BCUT2D eigenvalue weighted by atomic mass is 79.9. The highest BCUT2D eigenvalue weighted by molar-refractivity contribution is 9.10. The molecule has 34 heavy (non-hydrogen) atoms. The van der Waals surface area contributed by atoms with Gasteiger partial charge in [-0.2, -0.15) is 0 Å². The van der Waals surface area contributed by atoms with Crippen molar-refractivity contribution in [3.8, 4) is 22.8 Å². The van der Waals surface area contributed by atoms with Crippen LogP contribution >= 0.6 is 15.9 Å². The van der Waals surface area contributed by atoms with Crippen LogP contribution < -0.4 is 14.2 Å². The molecule has 0 saturated heterocycles. The maximum absolute atomic E-state index is 13.5. The Morgan fingerprint density at radius 3 is 2.38 bits per heavy atom. The summed E-state index contributed by atoms with van der Waals surface area (Å²) < 4.78 is 51.4. The van der Waals surface area contributed by atoms with Crippen molar-refractivity contribution in [2.75, 3.05) is 26.1 Å². The molecule has 5 rings (SSSR count). The van der Waals surface area contributed by atoms with E-state index in [2.05, 4.69) is 31.9 Å². The molecular weight excluding hydrogens is 528 g/mol. The molecule has 1 aromatic heterocycles. The van der Waals surface area contributed by atoms with Gasteiger partial charge in [0.15, 0.2) is 16.5 Å². The monoisotopic (exact) mass is 548 g/mol. The standard InChI is InChI=1S/C23H21BrN2O7S/c1-30-17-8-12(22(27)32-3)9-18(31-2)20(17)34(28,29)26-21-15-11-23(6-7-23)16-5-4-13(24)10-14(16)19(15)33-25-21/h4-5,8-10H,6-7,11H2,1-3H3,(H,25,26). The molecule has 2 aromatic carbocycles. The molecule has 11 heteroatoms. The Morgan fingerprint density at radius 1 is 1.12 bits per heavy atom. The van der Waals surface area contributed by atoms with Crippen LogP contribution in [0.1, 0.15) is 34.3 Å². The SMILES string of the molecule is COC(=O)c1cc(OC)c(S(=O)(=O)Nc2noc3c2CC2(CC2)c2ccc(Br)cc2-3)c(OC)c1. The molecule has 178 valence electrons. The Balaban J connectivity index is 1.58. The van der Waals surface area contributed by atoms with Gasteiger partial charge in [0.25, 0.3) is 10.0 Å². The lowest BCUT2D eigenvalue weighted by Gasteiger charge is -2.24. The highest BCUT2D eigenvalue weighted by Crippen LogP contribution is 2.58. The normalized spacial score (nSPS) is 15.3. The fourth-order valence-corrected chi connectivity index (χ4v) is 6.21. The number of fused-ring (bicyclic) bond motifs is 4. The van der Waals surface area contributed by atoms with Crippen molar-refractivity contribution < 1.29 is 31.9 Å². The number of ether oxygens (including phenoxy) is 3. The largest absolute Gasteiger partial charge is 0.495 e. The quantitative estimate of drug-likeness (QED) is 0.453. The van der Waals surface area contributed by atoms with E-state index in [0.717, 1.165) is 22.9 Å². The Bertz CT molecular complexity index is 1400. The molecule has 3 aromatic rings. The van der Waals surface area contributed by atoms with Crippen LogP contribution in [0.4, 0.5) is 5.82 Å². The number of esters is 1. The average molecular weight is 549 g/mol. The van der Waals surface area contributed by atoms with Gasteiger partial charge >= 0.3 is 5.97 Å². The van der Waals surface area contributed by atoms with Gasteiger partial charge in [0.1, 0.15) is 11.5 Å². The first-order valence-corrected chi connectivity index (χ1v) is 12.7. The second-order valence-electron chi connectivity index (χ2n) is 8.29. The third-order valence-corrected chi connectivity index (χ3v) is 8.23. The summed E-state index contributed by atoms with van der Waals surface area (Å²) >= 11 is 3.51. The van der Waals surface area contributed by atoms with Crippen molar-refractivity contribution in [1.29, 1.82) is 0 Å². The minimum atomic E-state index is -4.24. The van der Waals surface area contributed by atoms with Crippen molar-refractivity contribution in [3.63, 3.8) is 0 Å². The molecule has 0 aliphatic heterocycles. The maximum Gasteiger partial charge on any atom is 0.338 e. The Labute approximate surface area is 204 Å². The van der Waals surface area contributed by atoms with Crippen molar-refractivity contribution in [2.45, 2.75) is 29.6 Å². The summed E-state index contributed by atoms with van der Waals surface area (Å²) in [6.07, 6.45) is 2.64. The summed E-state index contributed by atoms with van der Waals surface area (Å²) in [7, 11) is -0.403. The van der Waals surface area contributed by atoms with Crippen LogP contribution in [0.15, 0.2) is 44.2 Å². The fraction of sp³-hybridized carbons (Fsp3) is 0.304. The van der Waals surface area contributed by atoms with Crippen LogP contribution in [0, 0.1) is 0 Å². The number of halogens is 1. The summed E-state index contributed by atoms with van der Waals surface area (Å²) in [6, 6.07) is 8.62. The van der Waals surface area contributed by atoms with E-state index in [4.69, 9.17) is 18.7 Å². The van der Waals surface area contributed by atoms with E-state index < -0.39 is 16.0 Å². The van der Waals surface area contributed by atoms with E-state index in [1.807, 2.05) is 12.1 Å². The van der Waals surface area contributed by atoms with E-state index in [1.54, 1.807) is 0 Å². The molecule has 0 radical (unpaired) electrons. The van der Waals surface area contributed by atoms with Crippen LogP contribution in [-0.2, 0) is 26.6 Å². The van der Waals surface area contributed by atoms with Gasteiger partial charge in [-0.1, -0.05) is 27.2 Å². The van der Waals surface area contributed by atoms with E-state index in [1.165, 1.54) is 39.0 Å². The van der Waals surface area contributed by atoms with Crippen LogP contribution in [0.2, 0.25) is 0 Å². The molecule has 2 aliphatic carbocycles. The van der Waals surface area contributed by atoms with Crippen molar-refractivity contribution in [2.24, 2.45) is 0 Å². The van der Waals surface area contributed by atoms with Crippen molar-refractivity contribution in [3.05, 3.63) is 51.5 Å².